The van der Waals surface area contributed by atoms with Crippen molar-refractivity contribution < 1.29 is 14.1 Å². The minimum Gasteiger partial charge on any atom is -0.436 e. The van der Waals surface area contributed by atoms with Gasteiger partial charge in [-0.3, -0.25) is 20.2 Å². The van der Waals surface area contributed by atoms with E-state index in [1.807, 2.05) is 42.5 Å². The minimum atomic E-state index is -0.529. The first kappa shape index (κ1) is 22.9. The van der Waals surface area contributed by atoms with E-state index in [0.29, 0.717) is 22.7 Å². The van der Waals surface area contributed by atoms with Crippen molar-refractivity contribution in [1.82, 2.24) is 10.3 Å². The van der Waals surface area contributed by atoms with Crippen LogP contribution in [0.25, 0.3) is 33.7 Å². The quantitative estimate of drug-likeness (QED) is 0.170. The third-order valence-corrected chi connectivity index (χ3v) is 5.66. The number of rotatable bonds is 5. The van der Waals surface area contributed by atoms with Crippen LogP contribution in [0.4, 0.5) is 11.4 Å². The van der Waals surface area contributed by atoms with Crippen LogP contribution in [0.2, 0.25) is 0 Å². The fraction of sp³-hybridized carbons (Fsp3) is 0. The molecule has 2 N–H and O–H groups in total. The van der Waals surface area contributed by atoms with Gasteiger partial charge in [0.2, 0.25) is 5.89 Å². The number of oxazole rings is 1. The molecule has 5 rings (SSSR count). The number of nitrogens with zero attached hydrogens (tertiary/aromatic N) is 2. The van der Waals surface area contributed by atoms with Crippen molar-refractivity contribution >= 4 is 45.7 Å². The Morgan fingerprint density at radius 1 is 0.861 bits per heavy atom. The molecule has 0 aliphatic carbocycles. The molecule has 0 radical (unpaired) electrons. The molecule has 0 bridgehead atoms. The molecule has 1 heterocycles. The molecule has 0 saturated carbocycles. The van der Waals surface area contributed by atoms with Gasteiger partial charge in [-0.25, -0.2) is 4.98 Å². The summed E-state index contributed by atoms with van der Waals surface area (Å²) in [4.78, 5) is 27.2. The molecule has 0 aliphatic rings. The first-order valence-electron chi connectivity index (χ1n) is 10.9. The molecule has 4 aromatic carbocycles. The zero-order valence-corrected chi connectivity index (χ0v) is 19.5. The molecule has 0 spiro atoms. The van der Waals surface area contributed by atoms with Crippen LogP contribution in [0, 0.1) is 10.1 Å². The van der Waals surface area contributed by atoms with Crippen molar-refractivity contribution in [3.05, 3.63) is 113 Å². The van der Waals surface area contributed by atoms with Gasteiger partial charge in [-0.1, -0.05) is 42.5 Å². The molecule has 176 valence electrons. The zero-order chi connectivity index (χ0) is 25.1. The highest BCUT2D eigenvalue weighted by Gasteiger charge is 2.13. The van der Waals surface area contributed by atoms with Gasteiger partial charge in [0.05, 0.1) is 4.92 Å². The van der Waals surface area contributed by atoms with Gasteiger partial charge < -0.3 is 9.73 Å². The van der Waals surface area contributed by atoms with Crippen molar-refractivity contribution in [3.8, 4) is 22.6 Å². The number of nitro groups is 1. The Labute approximate surface area is 210 Å². The standard InChI is InChI=1S/C27H18N4O4S/c32-25(19-10-13-22(14-11-19)31(33)34)30-27(36)28-21-12-15-24-23(16-21)29-26(35-24)20-8-6-18(7-9-20)17-4-2-1-3-5-17/h1-16H,(H2,28,30,32,36). The smallest absolute Gasteiger partial charge is 0.269 e. The van der Waals surface area contributed by atoms with E-state index in [2.05, 4.69) is 27.8 Å². The molecular weight excluding hydrogens is 476 g/mol. The number of carbonyl (C=O) groups is 1. The fourth-order valence-corrected chi connectivity index (χ4v) is 3.85. The van der Waals surface area contributed by atoms with E-state index < -0.39 is 10.8 Å². The number of nitrogens with one attached hydrogen (secondary N) is 2. The van der Waals surface area contributed by atoms with Crippen molar-refractivity contribution in [3.63, 3.8) is 0 Å². The third-order valence-electron chi connectivity index (χ3n) is 5.45. The monoisotopic (exact) mass is 494 g/mol. The van der Waals surface area contributed by atoms with Gasteiger partial charge in [0.1, 0.15) is 5.52 Å². The fourth-order valence-electron chi connectivity index (χ4n) is 3.64. The van der Waals surface area contributed by atoms with Crippen LogP contribution in [-0.2, 0) is 0 Å². The molecule has 0 fully saturated rings. The number of aromatic nitrogens is 1. The highest BCUT2D eigenvalue weighted by Crippen LogP contribution is 2.28. The second kappa shape index (κ2) is 9.77. The largest absolute Gasteiger partial charge is 0.436 e. The van der Waals surface area contributed by atoms with Gasteiger partial charge in [0.25, 0.3) is 11.6 Å². The number of amides is 1. The number of hydrogen-bond acceptors (Lipinski definition) is 6. The predicted octanol–water partition coefficient (Wildman–Crippen LogP) is 6.20. The lowest BCUT2D eigenvalue weighted by atomic mass is 10.0. The third kappa shape index (κ3) is 4.96. The molecule has 1 aromatic heterocycles. The summed E-state index contributed by atoms with van der Waals surface area (Å²) >= 11 is 5.24. The van der Waals surface area contributed by atoms with Gasteiger partial charge in [0, 0.05) is 28.9 Å². The Balaban J connectivity index is 1.27. The summed E-state index contributed by atoms with van der Waals surface area (Å²) in [5, 5.41) is 16.4. The van der Waals surface area contributed by atoms with Crippen LogP contribution >= 0.6 is 12.2 Å². The molecule has 0 atom stereocenters. The summed E-state index contributed by atoms with van der Waals surface area (Å²) < 4.78 is 5.92. The minimum absolute atomic E-state index is 0.0814. The Morgan fingerprint density at radius 2 is 1.53 bits per heavy atom. The first-order valence-corrected chi connectivity index (χ1v) is 11.3. The van der Waals surface area contributed by atoms with E-state index in [9.17, 15) is 14.9 Å². The summed E-state index contributed by atoms with van der Waals surface area (Å²) in [6.07, 6.45) is 0. The molecule has 0 saturated heterocycles. The number of non-ortho nitro benzene ring substituents is 1. The SMILES string of the molecule is O=C(NC(=S)Nc1ccc2oc(-c3ccc(-c4ccccc4)cc3)nc2c1)c1ccc([N+](=O)[O-])cc1. The van der Waals surface area contributed by atoms with Gasteiger partial charge in [0.15, 0.2) is 10.7 Å². The van der Waals surface area contributed by atoms with Crippen molar-refractivity contribution in [2.24, 2.45) is 0 Å². The lowest BCUT2D eigenvalue weighted by Crippen LogP contribution is -2.34. The molecule has 0 unspecified atom stereocenters. The topological polar surface area (TPSA) is 110 Å². The molecule has 36 heavy (non-hydrogen) atoms. The highest BCUT2D eigenvalue weighted by atomic mass is 32.1. The normalized spacial score (nSPS) is 10.7. The van der Waals surface area contributed by atoms with Gasteiger partial charge in [-0.2, -0.15) is 0 Å². The Kier molecular flexibility index (Phi) is 6.21. The van der Waals surface area contributed by atoms with Gasteiger partial charge in [-0.05, 0) is 65.8 Å². The molecule has 5 aromatic rings. The summed E-state index contributed by atoms with van der Waals surface area (Å²) in [5.74, 6) is 0.0157. The average Bonchev–Trinajstić information content (AvgIpc) is 3.33. The van der Waals surface area contributed by atoms with Crippen LogP contribution in [0.15, 0.2) is 101 Å². The Hall–Kier alpha value is -4.89. The molecule has 0 aliphatic heterocycles. The summed E-state index contributed by atoms with van der Waals surface area (Å²) in [6, 6.07) is 28.7. The zero-order valence-electron chi connectivity index (χ0n) is 18.7. The molecule has 9 heteroatoms. The summed E-state index contributed by atoms with van der Waals surface area (Å²) in [6.45, 7) is 0. The maximum absolute atomic E-state index is 12.4. The first-order chi connectivity index (χ1) is 17.5. The summed E-state index contributed by atoms with van der Waals surface area (Å²) in [7, 11) is 0. The predicted molar refractivity (Wildman–Crippen MR) is 142 cm³/mol. The molecule has 8 nitrogen and oxygen atoms in total. The van der Waals surface area contributed by atoms with Crippen LogP contribution in [0.5, 0.6) is 0 Å². The van der Waals surface area contributed by atoms with Crippen LogP contribution < -0.4 is 10.6 Å². The number of fused-ring (bicyclic) bond motifs is 1. The maximum Gasteiger partial charge on any atom is 0.269 e. The number of carbonyl (C=O) groups excluding carboxylic acids is 1. The number of anilines is 1. The lowest BCUT2D eigenvalue weighted by molar-refractivity contribution is -0.384. The molecule has 1 amide bonds. The Bertz CT molecular complexity index is 1580. The van der Waals surface area contributed by atoms with Gasteiger partial charge >= 0.3 is 0 Å². The second-order valence-electron chi connectivity index (χ2n) is 7.86. The van der Waals surface area contributed by atoms with Crippen LogP contribution in [0.3, 0.4) is 0 Å². The van der Waals surface area contributed by atoms with Crippen molar-refractivity contribution in [2.45, 2.75) is 0 Å². The van der Waals surface area contributed by atoms with Crippen LogP contribution in [-0.4, -0.2) is 20.9 Å². The van der Waals surface area contributed by atoms with Crippen molar-refractivity contribution in [2.75, 3.05) is 5.32 Å². The second-order valence-corrected chi connectivity index (χ2v) is 8.27. The Morgan fingerprint density at radius 3 is 2.22 bits per heavy atom. The molecular formula is C27H18N4O4S. The van der Waals surface area contributed by atoms with Gasteiger partial charge in [-0.15, -0.1) is 0 Å². The number of hydrogen-bond donors (Lipinski definition) is 2. The van der Waals surface area contributed by atoms with E-state index in [1.54, 1.807) is 18.2 Å². The van der Waals surface area contributed by atoms with E-state index in [4.69, 9.17) is 16.6 Å². The maximum atomic E-state index is 12.4. The van der Waals surface area contributed by atoms with E-state index in [1.165, 1.54) is 24.3 Å². The summed E-state index contributed by atoms with van der Waals surface area (Å²) in [5.41, 5.74) is 5.11. The van der Waals surface area contributed by atoms with E-state index in [0.717, 1.165) is 16.7 Å². The number of thiocarbonyl (C=S) groups is 1. The van der Waals surface area contributed by atoms with Crippen LogP contribution in [0.1, 0.15) is 10.4 Å². The van der Waals surface area contributed by atoms with Crippen molar-refractivity contribution in [1.29, 1.82) is 0 Å². The average molecular weight is 495 g/mol. The number of benzene rings is 4. The van der Waals surface area contributed by atoms with E-state index in [-0.39, 0.29) is 16.4 Å². The lowest BCUT2D eigenvalue weighted by Gasteiger charge is -2.09. The number of nitro benzene ring substituents is 1. The highest BCUT2D eigenvalue weighted by molar-refractivity contribution is 7.80. The van der Waals surface area contributed by atoms with E-state index >= 15 is 0 Å².